The van der Waals surface area contributed by atoms with Crippen molar-refractivity contribution >= 4 is 29.5 Å². The second kappa shape index (κ2) is 14.8. The molecule has 0 aliphatic carbocycles. The maximum atomic E-state index is 11.8. The number of anilines is 1. The summed E-state index contributed by atoms with van der Waals surface area (Å²) in [7, 11) is 1.43. The van der Waals surface area contributed by atoms with Crippen LogP contribution in [0.5, 0.6) is 11.5 Å². The van der Waals surface area contributed by atoms with Gasteiger partial charge in [-0.2, -0.15) is 0 Å². The maximum absolute atomic E-state index is 11.8. The number of amides is 2. The number of urea groups is 1. The molecule has 0 aliphatic heterocycles. The van der Waals surface area contributed by atoms with E-state index in [0.717, 1.165) is 19.3 Å². The van der Waals surface area contributed by atoms with Gasteiger partial charge in [0.05, 0.1) is 17.3 Å². The van der Waals surface area contributed by atoms with Crippen LogP contribution in [0.3, 0.4) is 0 Å². The number of hydrogen-bond donors (Lipinski definition) is 3. The molecule has 8 heteroatoms. The first kappa shape index (κ1) is 24.9. The van der Waals surface area contributed by atoms with E-state index in [1.54, 1.807) is 0 Å². The minimum atomic E-state index is -0.853. The number of halogens is 1. The van der Waals surface area contributed by atoms with Gasteiger partial charge >= 0.3 is 12.2 Å². The standard InChI is InChI=1S/C21H33ClN2O5/c1-3-4-5-6-7-8-9-10-11-12-13-28-21(27)29-16-14-17(22)19(25)18(15-16)24-20(26)23-2/h14-15,25H,3-13H2,1-2H3,(H2,23,24,26). The molecular formula is C21H33ClN2O5. The second-order valence-electron chi connectivity index (χ2n) is 6.89. The van der Waals surface area contributed by atoms with Crippen LogP contribution in [0.1, 0.15) is 71.1 Å². The third kappa shape index (κ3) is 10.8. The predicted octanol–water partition coefficient (Wildman–Crippen LogP) is 6.23. The smallest absolute Gasteiger partial charge is 0.504 e. The molecule has 0 bridgehead atoms. The average Bonchev–Trinajstić information content (AvgIpc) is 2.69. The molecular weight excluding hydrogens is 396 g/mol. The Morgan fingerprint density at radius 2 is 1.59 bits per heavy atom. The molecule has 0 saturated carbocycles. The lowest BCUT2D eigenvalue weighted by molar-refractivity contribution is 0.0973. The topological polar surface area (TPSA) is 96.9 Å². The first-order valence-electron chi connectivity index (χ1n) is 10.3. The average molecular weight is 429 g/mol. The van der Waals surface area contributed by atoms with Gasteiger partial charge in [0, 0.05) is 19.2 Å². The van der Waals surface area contributed by atoms with Crippen molar-refractivity contribution in [2.45, 2.75) is 71.1 Å². The SMILES string of the molecule is CCCCCCCCCCCCOC(=O)Oc1cc(Cl)c(O)c(NC(=O)NC)c1. The molecule has 164 valence electrons. The van der Waals surface area contributed by atoms with Gasteiger partial charge in [0.2, 0.25) is 0 Å². The highest BCUT2D eigenvalue weighted by Crippen LogP contribution is 2.36. The minimum absolute atomic E-state index is 0.0225. The normalized spacial score (nSPS) is 10.4. The van der Waals surface area contributed by atoms with Crippen LogP contribution in [-0.2, 0) is 4.74 Å². The van der Waals surface area contributed by atoms with Crippen LogP contribution >= 0.6 is 11.6 Å². The molecule has 0 saturated heterocycles. The lowest BCUT2D eigenvalue weighted by Gasteiger charge is -2.11. The van der Waals surface area contributed by atoms with Crippen molar-refractivity contribution in [2.75, 3.05) is 19.0 Å². The van der Waals surface area contributed by atoms with Crippen LogP contribution in [-0.4, -0.2) is 30.9 Å². The Morgan fingerprint density at radius 1 is 1.00 bits per heavy atom. The van der Waals surface area contributed by atoms with Crippen molar-refractivity contribution in [3.05, 3.63) is 17.2 Å². The first-order valence-corrected chi connectivity index (χ1v) is 10.7. The number of ether oxygens (including phenoxy) is 2. The van der Waals surface area contributed by atoms with Crippen molar-refractivity contribution in [1.29, 1.82) is 0 Å². The minimum Gasteiger partial charge on any atom is -0.504 e. The van der Waals surface area contributed by atoms with Crippen molar-refractivity contribution in [3.8, 4) is 11.5 Å². The summed E-state index contributed by atoms with van der Waals surface area (Å²) in [5, 5.41) is 14.5. The van der Waals surface area contributed by atoms with E-state index < -0.39 is 12.2 Å². The first-order chi connectivity index (χ1) is 14.0. The number of carbonyl (C=O) groups excluding carboxylic acids is 2. The zero-order valence-electron chi connectivity index (χ0n) is 17.4. The van der Waals surface area contributed by atoms with Crippen molar-refractivity contribution in [1.82, 2.24) is 5.32 Å². The lowest BCUT2D eigenvalue weighted by Crippen LogP contribution is -2.24. The Hall–Kier alpha value is -2.15. The van der Waals surface area contributed by atoms with E-state index in [4.69, 9.17) is 21.1 Å². The lowest BCUT2D eigenvalue weighted by atomic mass is 10.1. The zero-order chi connectivity index (χ0) is 21.5. The molecule has 0 fully saturated rings. The highest BCUT2D eigenvalue weighted by molar-refractivity contribution is 6.32. The predicted molar refractivity (Wildman–Crippen MR) is 115 cm³/mol. The maximum Gasteiger partial charge on any atom is 0.513 e. The molecule has 7 nitrogen and oxygen atoms in total. The summed E-state index contributed by atoms with van der Waals surface area (Å²) in [5.74, 6) is -0.256. The van der Waals surface area contributed by atoms with Crippen molar-refractivity contribution in [3.63, 3.8) is 0 Å². The quantitative estimate of drug-likeness (QED) is 0.150. The van der Waals surface area contributed by atoms with Crippen LogP contribution in [0, 0.1) is 0 Å². The number of phenols is 1. The van der Waals surface area contributed by atoms with E-state index in [1.165, 1.54) is 64.1 Å². The van der Waals surface area contributed by atoms with Gasteiger partial charge in [-0.3, -0.25) is 0 Å². The Balaban J connectivity index is 2.24. The van der Waals surface area contributed by atoms with E-state index in [9.17, 15) is 14.7 Å². The highest BCUT2D eigenvalue weighted by Gasteiger charge is 2.14. The van der Waals surface area contributed by atoms with E-state index in [-0.39, 0.29) is 28.8 Å². The number of hydrogen-bond acceptors (Lipinski definition) is 5. The Bertz CT molecular complexity index is 640. The molecule has 0 heterocycles. The number of aromatic hydroxyl groups is 1. The fraction of sp³-hybridized carbons (Fsp3) is 0.619. The van der Waals surface area contributed by atoms with Gasteiger partial charge < -0.3 is 25.2 Å². The van der Waals surface area contributed by atoms with E-state index in [0.29, 0.717) is 0 Å². The second-order valence-corrected chi connectivity index (χ2v) is 7.30. The summed E-state index contributed by atoms with van der Waals surface area (Å²) >= 11 is 5.90. The molecule has 0 aliphatic rings. The van der Waals surface area contributed by atoms with Gasteiger partial charge in [0.25, 0.3) is 0 Å². The number of nitrogens with one attached hydrogen (secondary N) is 2. The molecule has 1 aromatic rings. The Morgan fingerprint density at radius 3 is 2.17 bits per heavy atom. The van der Waals surface area contributed by atoms with Gasteiger partial charge in [-0.1, -0.05) is 76.3 Å². The summed E-state index contributed by atoms with van der Waals surface area (Å²) in [4.78, 5) is 23.2. The van der Waals surface area contributed by atoms with Crippen LogP contribution < -0.4 is 15.4 Å². The van der Waals surface area contributed by atoms with Crippen LogP contribution in [0.15, 0.2) is 12.1 Å². The highest BCUT2D eigenvalue weighted by atomic mass is 35.5. The Kier molecular flexibility index (Phi) is 12.7. The molecule has 2 amide bonds. The number of phenolic OH excluding ortho intramolecular Hbond substituents is 1. The number of benzene rings is 1. The largest absolute Gasteiger partial charge is 0.513 e. The van der Waals surface area contributed by atoms with E-state index in [2.05, 4.69) is 17.6 Å². The number of carbonyl (C=O) groups is 2. The van der Waals surface area contributed by atoms with Crippen LogP contribution in [0.2, 0.25) is 5.02 Å². The summed E-state index contributed by atoms with van der Waals surface area (Å²) < 4.78 is 10.1. The fourth-order valence-corrected chi connectivity index (χ4v) is 2.99. The molecule has 0 aromatic heterocycles. The molecule has 3 N–H and O–H groups in total. The monoisotopic (exact) mass is 428 g/mol. The summed E-state index contributed by atoms with van der Waals surface area (Å²) in [5.41, 5.74) is 0.0225. The van der Waals surface area contributed by atoms with Gasteiger partial charge in [0.1, 0.15) is 5.75 Å². The summed E-state index contributed by atoms with van der Waals surface area (Å²) in [6, 6.07) is 2.02. The third-order valence-corrected chi connectivity index (χ3v) is 4.72. The molecule has 1 rings (SSSR count). The van der Waals surface area contributed by atoms with Gasteiger partial charge in [-0.05, 0) is 6.42 Å². The van der Waals surface area contributed by atoms with Crippen molar-refractivity contribution < 1.29 is 24.2 Å². The summed E-state index contributed by atoms with van der Waals surface area (Å²) in [6.45, 7) is 2.50. The van der Waals surface area contributed by atoms with Gasteiger partial charge in [-0.15, -0.1) is 0 Å². The molecule has 0 atom stereocenters. The van der Waals surface area contributed by atoms with Crippen LogP contribution in [0.4, 0.5) is 15.3 Å². The molecule has 29 heavy (non-hydrogen) atoms. The number of rotatable bonds is 13. The fourth-order valence-electron chi connectivity index (χ4n) is 2.78. The third-order valence-electron chi connectivity index (χ3n) is 4.43. The van der Waals surface area contributed by atoms with E-state index in [1.807, 2.05) is 0 Å². The molecule has 1 aromatic carbocycles. The molecule has 0 unspecified atom stereocenters. The molecule has 0 radical (unpaired) electrons. The number of unbranched alkanes of at least 4 members (excludes halogenated alkanes) is 9. The Labute approximate surface area is 178 Å². The van der Waals surface area contributed by atoms with Gasteiger partial charge in [0.15, 0.2) is 5.75 Å². The molecule has 0 spiro atoms. The van der Waals surface area contributed by atoms with Crippen molar-refractivity contribution in [2.24, 2.45) is 0 Å². The van der Waals surface area contributed by atoms with Crippen LogP contribution in [0.25, 0.3) is 0 Å². The van der Waals surface area contributed by atoms with E-state index >= 15 is 0 Å². The summed E-state index contributed by atoms with van der Waals surface area (Å²) in [6.07, 6.45) is 11.1. The zero-order valence-corrected chi connectivity index (χ0v) is 18.1. The van der Waals surface area contributed by atoms with Gasteiger partial charge in [-0.25, -0.2) is 9.59 Å².